The molecule has 1 N–H and O–H groups in total. The van der Waals surface area contributed by atoms with Gasteiger partial charge in [0.25, 0.3) is 0 Å². The maximum Gasteiger partial charge on any atom is 0.0962 e. The van der Waals surface area contributed by atoms with Crippen molar-refractivity contribution in [2.45, 2.75) is 25.9 Å². The maximum absolute atomic E-state index is 9.99. The first kappa shape index (κ1) is 11.8. The number of aliphatic hydroxyl groups is 1. The average molecular weight is 231 g/mol. The highest BCUT2D eigenvalue weighted by molar-refractivity contribution is 5.14. The molecule has 1 unspecified atom stereocenters. The SMILES string of the molecule is Cc1ccc(C(O)CCc2cnn(C)c2)nc1. The Hall–Kier alpha value is -1.68. The lowest BCUT2D eigenvalue weighted by Gasteiger charge is -2.09. The van der Waals surface area contributed by atoms with E-state index >= 15 is 0 Å². The van der Waals surface area contributed by atoms with Crippen LogP contribution in [0.2, 0.25) is 0 Å². The number of aromatic nitrogens is 3. The standard InChI is InChI=1S/C13H17N3O/c1-10-3-5-12(14-7-10)13(17)6-4-11-8-15-16(2)9-11/h3,5,7-9,13,17H,4,6H2,1-2H3. The van der Waals surface area contributed by atoms with Gasteiger partial charge < -0.3 is 5.11 Å². The molecule has 4 nitrogen and oxygen atoms in total. The first-order valence-corrected chi connectivity index (χ1v) is 5.73. The van der Waals surface area contributed by atoms with E-state index in [-0.39, 0.29) is 0 Å². The van der Waals surface area contributed by atoms with E-state index in [2.05, 4.69) is 10.1 Å². The van der Waals surface area contributed by atoms with Crippen LogP contribution < -0.4 is 0 Å². The van der Waals surface area contributed by atoms with Crippen molar-refractivity contribution in [3.8, 4) is 0 Å². The van der Waals surface area contributed by atoms with Gasteiger partial charge in [0.1, 0.15) is 0 Å². The van der Waals surface area contributed by atoms with Gasteiger partial charge in [-0.25, -0.2) is 0 Å². The number of aryl methyl sites for hydroxylation is 3. The van der Waals surface area contributed by atoms with Crippen molar-refractivity contribution in [1.29, 1.82) is 0 Å². The molecule has 2 aromatic rings. The van der Waals surface area contributed by atoms with Gasteiger partial charge in [0.2, 0.25) is 0 Å². The molecular formula is C13H17N3O. The normalized spacial score (nSPS) is 12.6. The molecule has 0 bridgehead atoms. The van der Waals surface area contributed by atoms with Gasteiger partial charge in [-0.15, -0.1) is 0 Å². The smallest absolute Gasteiger partial charge is 0.0962 e. The number of hydrogen-bond donors (Lipinski definition) is 1. The zero-order chi connectivity index (χ0) is 12.3. The third kappa shape index (κ3) is 3.14. The lowest BCUT2D eigenvalue weighted by Crippen LogP contribution is -2.02. The molecule has 0 aliphatic rings. The van der Waals surface area contributed by atoms with Crippen molar-refractivity contribution in [2.75, 3.05) is 0 Å². The van der Waals surface area contributed by atoms with Gasteiger partial charge in [-0.2, -0.15) is 5.10 Å². The molecule has 0 aliphatic heterocycles. The molecule has 0 saturated heterocycles. The van der Waals surface area contributed by atoms with E-state index in [1.165, 1.54) is 0 Å². The third-order valence-electron chi connectivity index (χ3n) is 2.74. The quantitative estimate of drug-likeness (QED) is 0.872. The highest BCUT2D eigenvalue weighted by Gasteiger charge is 2.09. The summed E-state index contributed by atoms with van der Waals surface area (Å²) in [6.45, 7) is 1.98. The number of pyridine rings is 1. The minimum Gasteiger partial charge on any atom is -0.387 e. The molecule has 4 heteroatoms. The number of nitrogens with zero attached hydrogens (tertiary/aromatic N) is 3. The van der Waals surface area contributed by atoms with E-state index in [9.17, 15) is 5.11 Å². The summed E-state index contributed by atoms with van der Waals surface area (Å²) in [5.41, 5.74) is 2.98. The van der Waals surface area contributed by atoms with Crippen LogP contribution in [-0.2, 0) is 13.5 Å². The van der Waals surface area contributed by atoms with Crippen LogP contribution in [0.4, 0.5) is 0 Å². The first-order chi connectivity index (χ1) is 8.15. The topological polar surface area (TPSA) is 50.9 Å². The van der Waals surface area contributed by atoms with Crippen molar-refractivity contribution in [2.24, 2.45) is 7.05 Å². The minimum atomic E-state index is -0.504. The predicted molar refractivity (Wildman–Crippen MR) is 65.5 cm³/mol. The summed E-state index contributed by atoms with van der Waals surface area (Å²) in [6, 6.07) is 3.85. The summed E-state index contributed by atoms with van der Waals surface area (Å²) >= 11 is 0. The summed E-state index contributed by atoms with van der Waals surface area (Å²) < 4.78 is 1.77. The third-order valence-corrected chi connectivity index (χ3v) is 2.74. The molecular weight excluding hydrogens is 214 g/mol. The van der Waals surface area contributed by atoms with E-state index in [1.54, 1.807) is 10.9 Å². The number of hydrogen-bond acceptors (Lipinski definition) is 3. The fourth-order valence-electron chi connectivity index (χ4n) is 1.73. The fourth-order valence-corrected chi connectivity index (χ4v) is 1.73. The van der Waals surface area contributed by atoms with Crippen molar-refractivity contribution in [1.82, 2.24) is 14.8 Å². The van der Waals surface area contributed by atoms with Crippen LogP contribution in [0.5, 0.6) is 0 Å². The van der Waals surface area contributed by atoms with Crippen LogP contribution in [-0.4, -0.2) is 19.9 Å². The zero-order valence-corrected chi connectivity index (χ0v) is 10.2. The Kier molecular flexibility index (Phi) is 3.54. The van der Waals surface area contributed by atoms with Crippen LogP contribution >= 0.6 is 0 Å². The highest BCUT2D eigenvalue weighted by Crippen LogP contribution is 2.16. The molecule has 2 rings (SSSR count). The van der Waals surface area contributed by atoms with Crippen LogP contribution in [0, 0.1) is 6.92 Å². The van der Waals surface area contributed by atoms with Gasteiger partial charge in [-0.3, -0.25) is 9.67 Å². The maximum atomic E-state index is 9.99. The van der Waals surface area contributed by atoms with E-state index in [4.69, 9.17) is 0 Å². The van der Waals surface area contributed by atoms with Gasteiger partial charge in [0.05, 0.1) is 18.0 Å². The van der Waals surface area contributed by atoms with E-state index in [1.807, 2.05) is 38.5 Å². The van der Waals surface area contributed by atoms with Crippen molar-refractivity contribution >= 4 is 0 Å². The Balaban J connectivity index is 1.93. The van der Waals surface area contributed by atoms with E-state index in [0.717, 1.165) is 23.2 Å². The van der Waals surface area contributed by atoms with Crippen LogP contribution in [0.15, 0.2) is 30.7 Å². The Morgan fingerprint density at radius 3 is 2.76 bits per heavy atom. The molecule has 0 amide bonds. The van der Waals surface area contributed by atoms with Gasteiger partial charge in [0, 0.05) is 19.4 Å². The lowest BCUT2D eigenvalue weighted by atomic mass is 10.1. The van der Waals surface area contributed by atoms with Gasteiger partial charge in [0.15, 0.2) is 0 Å². The molecule has 0 aliphatic carbocycles. The van der Waals surface area contributed by atoms with Crippen LogP contribution in [0.1, 0.15) is 29.3 Å². The number of rotatable bonds is 4. The second-order valence-corrected chi connectivity index (χ2v) is 4.34. The van der Waals surface area contributed by atoms with Crippen molar-refractivity contribution < 1.29 is 5.11 Å². The van der Waals surface area contributed by atoms with E-state index in [0.29, 0.717) is 6.42 Å². The summed E-state index contributed by atoms with van der Waals surface area (Å²) in [4.78, 5) is 4.22. The minimum absolute atomic E-state index is 0.504. The Bertz CT molecular complexity index is 476. The summed E-state index contributed by atoms with van der Waals surface area (Å²) in [5, 5.41) is 14.1. The fraction of sp³-hybridized carbons (Fsp3) is 0.385. The predicted octanol–water partition coefficient (Wildman–Crippen LogP) is 1.79. The highest BCUT2D eigenvalue weighted by atomic mass is 16.3. The van der Waals surface area contributed by atoms with Gasteiger partial charge in [-0.05, 0) is 37.0 Å². The molecule has 1 atom stereocenters. The summed E-state index contributed by atoms with van der Waals surface area (Å²) in [5.74, 6) is 0. The molecule has 0 radical (unpaired) electrons. The van der Waals surface area contributed by atoms with Gasteiger partial charge >= 0.3 is 0 Å². The summed E-state index contributed by atoms with van der Waals surface area (Å²) in [7, 11) is 1.89. The van der Waals surface area contributed by atoms with E-state index < -0.39 is 6.10 Å². The number of aliphatic hydroxyl groups excluding tert-OH is 1. The molecule has 17 heavy (non-hydrogen) atoms. The zero-order valence-electron chi connectivity index (χ0n) is 10.2. The lowest BCUT2D eigenvalue weighted by molar-refractivity contribution is 0.163. The molecule has 90 valence electrons. The largest absolute Gasteiger partial charge is 0.387 e. The van der Waals surface area contributed by atoms with Crippen LogP contribution in [0.3, 0.4) is 0 Å². The van der Waals surface area contributed by atoms with Crippen molar-refractivity contribution in [3.05, 3.63) is 47.5 Å². The molecule has 2 heterocycles. The second kappa shape index (κ2) is 5.10. The Morgan fingerprint density at radius 1 is 1.35 bits per heavy atom. The summed E-state index contributed by atoms with van der Waals surface area (Å²) in [6.07, 6.45) is 6.55. The Labute approximate surface area is 101 Å². The first-order valence-electron chi connectivity index (χ1n) is 5.73. The molecule has 0 fully saturated rings. The molecule has 0 spiro atoms. The average Bonchev–Trinajstić information content (AvgIpc) is 2.73. The molecule has 0 aromatic carbocycles. The molecule has 2 aromatic heterocycles. The van der Waals surface area contributed by atoms with Crippen molar-refractivity contribution in [3.63, 3.8) is 0 Å². The monoisotopic (exact) mass is 231 g/mol. The second-order valence-electron chi connectivity index (χ2n) is 4.34. The Morgan fingerprint density at radius 2 is 2.18 bits per heavy atom. The van der Waals surface area contributed by atoms with Gasteiger partial charge in [-0.1, -0.05) is 6.07 Å². The van der Waals surface area contributed by atoms with Crippen LogP contribution in [0.25, 0.3) is 0 Å². The molecule has 0 saturated carbocycles.